The van der Waals surface area contributed by atoms with Crippen molar-refractivity contribution in [3.05, 3.63) is 0 Å². The van der Waals surface area contributed by atoms with Crippen LogP contribution in [0.15, 0.2) is 0 Å². The minimum atomic E-state index is -4.30. The summed E-state index contributed by atoms with van der Waals surface area (Å²) in [6.07, 6.45) is 19.7. The van der Waals surface area contributed by atoms with Crippen molar-refractivity contribution in [1.29, 1.82) is 0 Å². The summed E-state index contributed by atoms with van der Waals surface area (Å²) in [7, 11) is -4.30. The molecule has 10 N–H and O–H groups in total. The van der Waals surface area contributed by atoms with Gasteiger partial charge < -0.3 is 0 Å². The van der Waals surface area contributed by atoms with Crippen LogP contribution in [0.1, 0.15) is 96.3 Å². The van der Waals surface area contributed by atoms with Gasteiger partial charge in [-0.25, -0.2) is 0 Å². The van der Waals surface area contributed by atoms with Crippen LogP contribution in [0.5, 0.6) is 0 Å². The van der Waals surface area contributed by atoms with Crippen LogP contribution >= 0.6 is 0 Å². The van der Waals surface area contributed by atoms with E-state index < -0.39 is 10.3 Å². The molecule has 9 fully saturated rings. The first kappa shape index (κ1) is 36.0. The fraction of sp³-hybridized carbons (Fsp3) is 1.00. The van der Waals surface area contributed by atoms with Crippen molar-refractivity contribution in [1.82, 2.24) is 47.3 Å². The summed E-state index contributed by atoms with van der Waals surface area (Å²) in [5.41, 5.74) is 0. The van der Waals surface area contributed by atoms with Crippen LogP contribution in [-0.2, 0) is 44.2 Å². The minimum Gasteiger partial charge on any atom is -0.286 e. The molecule has 5 aliphatic heterocycles. The first-order chi connectivity index (χ1) is 21.9. The first-order valence-electron chi connectivity index (χ1n) is 18.7. The zero-order valence-corrected chi connectivity index (χ0v) is 30.2. The van der Waals surface area contributed by atoms with E-state index in [4.69, 9.17) is 0 Å². The summed E-state index contributed by atoms with van der Waals surface area (Å²) in [4.78, 5) is 0. The zero-order valence-electron chi connectivity index (χ0n) is 27.3. The minimum absolute atomic E-state index is 0. The predicted octanol–water partition coefficient (Wildman–Crippen LogP) is 0.972. The van der Waals surface area contributed by atoms with Crippen LogP contribution in [0.25, 0.3) is 0 Å². The summed E-state index contributed by atoms with van der Waals surface area (Å²) in [6, 6.07) is -0.299. The van der Waals surface area contributed by atoms with Gasteiger partial charge in [0.15, 0.2) is 0 Å². The Labute approximate surface area is 302 Å². The molecule has 9 rings (SSSR count). The molecular weight excluding hydrogens is 705 g/mol. The average Bonchev–Trinajstić information content (AvgIpc) is 3.76. The zero-order chi connectivity index (χ0) is 30.3. The molecular formula is C32H57CoFeN9O3S. The molecule has 9 aliphatic rings. The quantitative estimate of drug-likeness (QED) is 0.144. The maximum absolute atomic E-state index is 12.1. The van der Waals surface area contributed by atoms with Crippen molar-refractivity contribution in [2.75, 3.05) is 0 Å². The normalized spacial score (nSPS) is 52.2. The molecule has 0 aromatic rings. The van der Waals surface area contributed by atoms with E-state index in [1.54, 1.807) is 0 Å². The number of hydrogen-bond donors (Lipinski definition) is 10. The van der Waals surface area contributed by atoms with E-state index in [9.17, 15) is 13.0 Å². The number of fused-ring (bicyclic) bond motifs is 20. The maximum Gasteiger partial charge on any atom is 0.333 e. The van der Waals surface area contributed by atoms with Gasteiger partial charge in [-0.15, -0.1) is 0 Å². The van der Waals surface area contributed by atoms with Crippen LogP contribution in [0.3, 0.4) is 0 Å². The molecule has 47 heavy (non-hydrogen) atoms. The van der Waals surface area contributed by atoms with Gasteiger partial charge >= 0.3 is 10.3 Å². The third-order valence-electron chi connectivity index (χ3n) is 14.2. The van der Waals surface area contributed by atoms with Gasteiger partial charge in [-0.05, 0) is 92.8 Å². The standard InChI is InChI=1S/C32H57N9O3S.Co.Fe/c42-45(43,44)41-23-15-7-14-22-24(23)32-39-30-21-13-6-5-12-20(21)28(37-30)35-26-17-9-2-1-8-16(17)25(33-26)34-27-18-10-3-4-11-19(18)29(36-27)38-31(22)40-32;;/h16-41H,1-15H2,(H,42,43,44);;. The first-order valence-corrected chi connectivity index (χ1v) is 20.2. The summed E-state index contributed by atoms with van der Waals surface area (Å²) < 4.78 is 36.8. The monoisotopic (exact) mass is 762 g/mol. The Bertz CT molecular complexity index is 1210. The Balaban J connectivity index is 0.00000176. The largest absolute Gasteiger partial charge is 0.333 e. The van der Waals surface area contributed by atoms with Crippen LogP contribution in [-0.4, -0.2) is 68.3 Å². The molecule has 17 unspecified atom stereocenters. The molecule has 5 saturated heterocycles. The Morgan fingerprint density at radius 2 is 0.702 bits per heavy atom. The molecule has 271 valence electrons. The van der Waals surface area contributed by atoms with Gasteiger partial charge in [0.25, 0.3) is 0 Å². The van der Waals surface area contributed by atoms with Crippen molar-refractivity contribution >= 4 is 10.3 Å². The van der Waals surface area contributed by atoms with Gasteiger partial charge in [-0.1, -0.05) is 44.9 Å². The smallest absolute Gasteiger partial charge is 0.286 e. The van der Waals surface area contributed by atoms with E-state index in [0.717, 1.165) is 19.3 Å². The molecule has 0 aromatic heterocycles. The van der Waals surface area contributed by atoms with Crippen LogP contribution < -0.4 is 47.3 Å². The van der Waals surface area contributed by atoms with E-state index in [0.29, 0.717) is 47.8 Å². The molecule has 4 saturated carbocycles. The van der Waals surface area contributed by atoms with E-state index in [-0.39, 0.29) is 88.7 Å². The van der Waals surface area contributed by atoms with E-state index in [2.05, 4.69) is 47.3 Å². The van der Waals surface area contributed by atoms with Crippen LogP contribution in [0, 0.1) is 47.3 Å². The second-order valence-corrected chi connectivity index (χ2v) is 17.5. The molecule has 15 heteroatoms. The third-order valence-corrected chi connectivity index (χ3v) is 14.8. The molecule has 8 bridgehead atoms. The Hall–Kier alpha value is 0.576. The van der Waals surface area contributed by atoms with Gasteiger partial charge in [-0.2, -0.15) is 13.1 Å². The Morgan fingerprint density at radius 3 is 1.02 bits per heavy atom. The molecule has 4 aliphatic carbocycles. The van der Waals surface area contributed by atoms with Crippen molar-refractivity contribution in [3.63, 3.8) is 0 Å². The van der Waals surface area contributed by atoms with Gasteiger partial charge in [0.2, 0.25) is 0 Å². The fourth-order valence-electron chi connectivity index (χ4n) is 12.4. The second kappa shape index (κ2) is 14.5. The summed E-state index contributed by atoms with van der Waals surface area (Å²) >= 11 is 0. The van der Waals surface area contributed by atoms with Gasteiger partial charge in [-0.3, -0.25) is 47.1 Å². The molecule has 12 nitrogen and oxygen atoms in total. The molecule has 0 amide bonds. The molecule has 1 radical (unpaired) electrons. The van der Waals surface area contributed by atoms with Gasteiger partial charge in [0.05, 0.1) is 49.3 Å². The van der Waals surface area contributed by atoms with E-state index >= 15 is 0 Å². The summed E-state index contributed by atoms with van der Waals surface area (Å²) in [5.74, 6) is 3.91. The molecule has 0 aromatic carbocycles. The molecule has 5 heterocycles. The summed E-state index contributed by atoms with van der Waals surface area (Å²) in [6.45, 7) is 0. The summed E-state index contributed by atoms with van der Waals surface area (Å²) in [5, 5.41) is 32.8. The van der Waals surface area contributed by atoms with Gasteiger partial charge in [0, 0.05) is 45.8 Å². The van der Waals surface area contributed by atoms with Crippen molar-refractivity contribution in [3.8, 4) is 0 Å². The van der Waals surface area contributed by atoms with E-state index in [1.165, 1.54) is 77.0 Å². The molecule has 0 spiro atoms. The third kappa shape index (κ3) is 6.81. The van der Waals surface area contributed by atoms with Crippen LogP contribution in [0.4, 0.5) is 0 Å². The van der Waals surface area contributed by atoms with Crippen LogP contribution in [0.2, 0.25) is 0 Å². The number of nitrogens with one attached hydrogen (secondary N) is 9. The number of rotatable bonds is 2. The topological polar surface area (TPSA) is 163 Å². The van der Waals surface area contributed by atoms with Gasteiger partial charge in [0.1, 0.15) is 0 Å². The fourth-order valence-corrected chi connectivity index (χ4v) is 13.0. The van der Waals surface area contributed by atoms with Crippen molar-refractivity contribution in [2.45, 2.75) is 152 Å². The van der Waals surface area contributed by atoms with Crippen molar-refractivity contribution < 1.29 is 46.8 Å². The Kier molecular flexibility index (Phi) is 11.1. The predicted molar refractivity (Wildman–Crippen MR) is 171 cm³/mol. The maximum atomic E-state index is 12.1. The number of hydrogen-bond acceptors (Lipinski definition) is 10. The SMILES string of the molecule is O=S(=O)(O)NC1CCCC2C3NC4NC(NC5NC(NC6NC(NC(N3)C12)C1CCCCC61)C1CCCCC51)C1CCCCC41.[Co].[Fe]. The second-order valence-electron chi connectivity index (χ2n) is 16.4. The Morgan fingerprint density at radius 1 is 0.426 bits per heavy atom. The van der Waals surface area contributed by atoms with Crippen molar-refractivity contribution in [2.24, 2.45) is 47.3 Å². The molecule has 17 atom stereocenters. The van der Waals surface area contributed by atoms with E-state index in [1.807, 2.05) is 0 Å². The average molecular weight is 763 g/mol.